The summed E-state index contributed by atoms with van der Waals surface area (Å²) in [5.41, 5.74) is 0.663. The van der Waals surface area contributed by atoms with Crippen molar-refractivity contribution in [1.82, 2.24) is 5.32 Å². The van der Waals surface area contributed by atoms with Gasteiger partial charge in [-0.25, -0.2) is 0 Å². The van der Waals surface area contributed by atoms with Crippen molar-refractivity contribution in [1.29, 1.82) is 0 Å². The van der Waals surface area contributed by atoms with Crippen molar-refractivity contribution in [3.05, 3.63) is 12.7 Å². The minimum absolute atomic E-state index is 0.261. The van der Waals surface area contributed by atoms with Crippen molar-refractivity contribution in [2.45, 2.75) is 72.3 Å². The average Bonchev–Trinajstić information content (AvgIpc) is 2.06. The van der Waals surface area contributed by atoms with Crippen LogP contribution in [-0.2, 0) is 0 Å². The summed E-state index contributed by atoms with van der Waals surface area (Å²) in [5, 5.41) is 3.67. The van der Waals surface area contributed by atoms with Gasteiger partial charge in [-0.15, -0.1) is 6.58 Å². The Hall–Kier alpha value is -0.300. The first-order valence-corrected chi connectivity index (χ1v) is 6.63. The molecule has 1 N–H and O–H groups in total. The second-order valence-corrected chi connectivity index (χ2v) is 6.69. The zero-order valence-electron chi connectivity index (χ0n) is 12.0. The molecule has 0 atom stereocenters. The standard InChI is InChI=1S/C15H31N/c1-7-8-9-10-11-12-16-15(5,6)13-14(2,3)4/h7,16H,1,8-13H2,2-6H3. The first kappa shape index (κ1) is 15.7. The van der Waals surface area contributed by atoms with Gasteiger partial charge in [0.2, 0.25) is 0 Å². The van der Waals surface area contributed by atoms with Crippen LogP contribution in [0.2, 0.25) is 0 Å². The van der Waals surface area contributed by atoms with Gasteiger partial charge in [-0.3, -0.25) is 0 Å². The number of allylic oxidation sites excluding steroid dienone is 1. The van der Waals surface area contributed by atoms with Crippen molar-refractivity contribution in [3.63, 3.8) is 0 Å². The maximum absolute atomic E-state index is 3.74. The highest BCUT2D eigenvalue weighted by Gasteiger charge is 2.24. The lowest BCUT2D eigenvalue weighted by molar-refractivity contribution is 0.241. The average molecular weight is 225 g/mol. The highest BCUT2D eigenvalue weighted by molar-refractivity contribution is 4.83. The van der Waals surface area contributed by atoms with Crippen molar-refractivity contribution >= 4 is 0 Å². The van der Waals surface area contributed by atoms with E-state index in [1.807, 2.05) is 6.08 Å². The molecule has 0 saturated carbocycles. The van der Waals surface area contributed by atoms with E-state index in [2.05, 4.69) is 46.5 Å². The van der Waals surface area contributed by atoms with Crippen LogP contribution in [-0.4, -0.2) is 12.1 Å². The van der Waals surface area contributed by atoms with Crippen LogP contribution in [0.15, 0.2) is 12.7 Å². The summed E-state index contributed by atoms with van der Waals surface area (Å²) in [6, 6.07) is 0. The first-order chi connectivity index (χ1) is 7.27. The quantitative estimate of drug-likeness (QED) is 0.472. The van der Waals surface area contributed by atoms with Gasteiger partial charge >= 0.3 is 0 Å². The van der Waals surface area contributed by atoms with Gasteiger partial charge in [0.15, 0.2) is 0 Å². The summed E-state index contributed by atoms with van der Waals surface area (Å²) in [5.74, 6) is 0. The Morgan fingerprint density at radius 2 is 1.62 bits per heavy atom. The van der Waals surface area contributed by atoms with Gasteiger partial charge in [-0.05, 0) is 51.5 Å². The zero-order valence-corrected chi connectivity index (χ0v) is 12.0. The lowest BCUT2D eigenvalue weighted by Gasteiger charge is -2.33. The van der Waals surface area contributed by atoms with Crippen LogP contribution in [0.25, 0.3) is 0 Å². The number of nitrogens with one attached hydrogen (secondary N) is 1. The third kappa shape index (κ3) is 10.2. The first-order valence-electron chi connectivity index (χ1n) is 6.63. The van der Waals surface area contributed by atoms with Gasteiger partial charge in [-0.1, -0.05) is 33.3 Å². The lowest BCUT2D eigenvalue weighted by Crippen LogP contribution is -2.42. The molecule has 0 spiro atoms. The molecule has 0 aromatic heterocycles. The highest BCUT2D eigenvalue weighted by atomic mass is 14.9. The molecule has 96 valence electrons. The molecule has 1 heteroatoms. The molecular formula is C15H31N. The van der Waals surface area contributed by atoms with Gasteiger partial charge in [0.05, 0.1) is 0 Å². The molecule has 16 heavy (non-hydrogen) atoms. The molecule has 0 unspecified atom stereocenters. The van der Waals surface area contributed by atoms with Gasteiger partial charge in [0.25, 0.3) is 0 Å². The highest BCUT2D eigenvalue weighted by Crippen LogP contribution is 2.26. The van der Waals surface area contributed by atoms with E-state index in [0.29, 0.717) is 5.41 Å². The van der Waals surface area contributed by atoms with E-state index < -0.39 is 0 Å². The molecule has 1 nitrogen and oxygen atoms in total. The third-order valence-electron chi connectivity index (χ3n) is 2.66. The van der Waals surface area contributed by atoms with E-state index >= 15 is 0 Å². The Balaban J connectivity index is 3.62. The van der Waals surface area contributed by atoms with Crippen LogP contribution in [0.3, 0.4) is 0 Å². The molecule has 0 aromatic rings. The minimum Gasteiger partial charge on any atom is -0.312 e. The van der Waals surface area contributed by atoms with E-state index in [4.69, 9.17) is 0 Å². The van der Waals surface area contributed by atoms with E-state index in [0.717, 1.165) is 13.0 Å². The molecular weight excluding hydrogens is 194 g/mol. The van der Waals surface area contributed by atoms with Gasteiger partial charge in [0.1, 0.15) is 0 Å². The molecule has 0 heterocycles. The smallest absolute Gasteiger partial charge is 0.0130 e. The number of unbranched alkanes of at least 4 members (excludes halogenated alkanes) is 3. The lowest BCUT2D eigenvalue weighted by atomic mass is 9.82. The normalized spacial score (nSPS) is 12.8. The summed E-state index contributed by atoms with van der Waals surface area (Å²) >= 11 is 0. The molecule has 0 radical (unpaired) electrons. The van der Waals surface area contributed by atoms with Crippen LogP contribution in [0.4, 0.5) is 0 Å². The van der Waals surface area contributed by atoms with E-state index in [1.165, 1.54) is 25.7 Å². The third-order valence-corrected chi connectivity index (χ3v) is 2.66. The Labute approximate surface area is 103 Å². The molecule has 0 aliphatic rings. The fraction of sp³-hybridized carbons (Fsp3) is 0.867. The fourth-order valence-corrected chi connectivity index (χ4v) is 2.41. The molecule has 0 rings (SSSR count). The maximum Gasteiger partial charge on any atom is 0.0130 e. The summed E-state index contributed by atoms with van der Waals surface area (Å²) in [6.45, 7) is 16.4. The van der Waals surface area contributed by atoms with E-state index in [9.17, 15) is 0 Å². The van der Waals surface area contributed by atoms with Crippen molar-refractivity contribution in [2.24, 2.45) is 5.41 Å². The van der Waals surface area contributed by atoms with Crippen molar-refractivity contribution in [3.8, 4) is 0 Å². The number of hydrogen-bond acceptors (Lipinski definition) is 1. The van der Waals surface area contributed by atoms with Crippen LogP contribution in [0.5, 0.6) is 0 Å². The molecule has 0 aliphatic carbocycles. The van der Waals surface area contributed by atoms with Gasteiger partial charge in [-0.2, -0.15) is 0 Å². The second-order valence-electron chi connectivity index (χ2n) is 6.69. The maximum atomic E-state index is 3.74. The molecule has 0 fully saturated rings. The molecule has 0 aliphatic heterocycles. The van der Waals surface area contributed by atoms with Crippen LogP contribution >= 0.6 is 0 Å². The molecule has 0 bridgehead atoms. The van der Waals surface area contributed by atoms with Gasteiger partial charge in [0, 0.05) is 5.54 Å². The fourth-order valence-electron chi connectivity index (χ4n) is 2.41. The van der Waals surface area contributed by atoms with Crippen LogP contribution in [0, 0.1) is 5.41 Å². The summed E-state index contributed by atoms with van der Waals surface area (Å²) in [6.07, 6.45) is 8.26. The summed E-state index contributed by atoms with van der Waals surface area (Å²) in [4.78, 5) is 0. The Kier molecular flexibility index (Phi) is 6.98. The van der Waals surface area contributed by atoms with Gasteiger partial charge < -0.3 is 5.32 Å². The SMILES string of the molecule is C=CCCCCCNC(C)(C)CC(C)(C)C. The largest absolute Gasteiger partial charge is 0.312 e. The van der Waals surface area contributed by atoms with Crippen molar-refractivity contribution in [2.75, 3.05) is 6.54 Å². The predicted molar refractivity (Wildman–Crippen MR) is 74.8 cm³/mol. The summed E-state index contributed by atoms with van der Waals surface area (Å²) in [7, 11) is 0. The molecule has 0 amide bonds. The number of rotatable bonds is 8. The monoisotopic (exact) mass is 225 g/mol. The second kappa shape index (κ2) is 7.11. The number of hydrogen-bond donors (Lipinski definition) is 1. The predicted octanol–water partition coefficient (Wildman–Crippen LogP) is 4.54. The van der Waals surface area contributed by atoms with Crippen LogP contribution in [0.1, 0.15) is 66.7 Å². The van der Waals surface area contributed by atoms with Crippen LogP contribution < -0.4 is 5.32 Å². The summed E-state index contributed by atoms with van der Waals surface area (Å²) < 4.78 is 0. The van der Waals surface area contributed by atoms with Crippen molar-refractivity contribution < 1.29 is 0 Å². The Bertz CT molecular complexity index is 186. The van der Waals surface area contributed by atoms with E-state index in [-0.39, 0.29) is 5.54 Å². The Morgan fingerprint density at radius 3 is 2.12 bits per heavy atom. The van der Waals surface area contributed by atoms with E-state index in [1.54, 1.807) is 0 Å². The molecule has 0 saturated heterocycles. The molecule has 0 aromatic carbocycles. The Morgan fingerprint density at radius 1 is 1.00 bits per heavy atom. The minimum atomic E-state index is 0.261. The topological polar surface area (TPSA) is 12.0 Å². The zero-order chi connectivity index (χ0) is 12.7.